The molecule has 2 aromatic carbocycles. The van der Waals surface area contributed by atoms with Crippen molar-refractivity contribution in [3.05, 3.63) is 53.3 Å². The predicted molar refractivity (Wildman–Crippen MR) is 101 cm³/mol. The third-order valence-corrected chi connectivity index (χ3v) is 5.12. The van der Waals surface area contributed by atoms with Crippen molar-refractivity contribution in [3.63, 3.8) is 0 Å². The number of benzene rings is 2. The standard InChI is InChI=1S/C21H23FN2O3/c1-14-4-6-16(12-17(14)22)23-21(25)13-24-8-2-3-18(24)15-5-7-19-20(11-15)27-10-9-26-19/h4-7,11-12,18H,2-3,8-10,13H2,1H3,(H,23,25)/t18-/m1/s1. The second-order valence-corrected chi connectivity index (χ2v) is 7.04. The van der Waals surface area contributed by atoms with Gasteiger partial charge in [0, 0.05) is 11.7 Å². The summed E-state index contributed by atoms with van der Waals surface area (Å²) >= 11 is 0. The summed E-state index contributed by atoms with van der Waals surface area (Å²) < 4.78 is 24.9. The van der Waals surface area contributed by atoms with Gasteiger partial charge in [-0.05, 0) is 61.7 Å². The van der Waals surface area contributed by atoms with E-state index in [9.17, 15) is 9.18 Å². The second-order valence-electron chi connectivity index (χ2n) is 7.04. The number of carbonyl (C=O) groups is 1. The zero-order valence-electron chi connectivity index (χ0n) is 15.3. The van der Waals surface area contributed by atoms with Gasteiger partial charge < -0.3 is 14.8 Å². The van der Waals surface area contributed by atoms with Crippen LogP contribution in [0.15, 0.2) is 36.4 Å². The maximum atomic E-state index is 13.7. The summed E-state index contributed by atoms with van der Waals surface area (Å²) in [6, 6.07) is 10.9. The molecular formula is C21H23FN2O3. The van der Waals surface area contributed by atoms with Crippen LogP contribution in [0.3, 0.4) is 0 Å². The molecule has 6 heteroatoms. The fourth-order valence-electron chi connectivity index (χ4n) is 3.72. The van der Waals surface area contributed by atoms with Gasteiger partial charge in [-0.2, -0.15) is 0 Å². The first-order chi connectivity index (χ1) is 13.1. The lowest BCUT2D eigenvalue weighted by Crippen LogP contribution is -2.33. The molecule has 2 aliphatic rings. The zero-order chi connectivity index (χ0) is 18.8. The Bertz CT molecular complexity index is 855. The topological polar surface area (TPSA) is 50.8 Å². The molecule has 0 aromatic heterocycles. The van der Waals surface area contributed by atoms with Crippen molar-refractivity contribution in [2.24, 2.45) is 0 Å². The zero-order valence-corrected chi connectivity index (χ0v) is 15.3. The first kappa shape index (κ1) is 17.8. The van der Waals surface area contributed by atoms with E-state index in [1.165, 1.54) is 6.07 Å². The van der Waals surface area contributed by atoms with Crippen LogP contribution < -0.4 is 14.8 Å². The van der Waals surface area contributed by atoms with Gasteiger partial charge in [-0.15, -0.1) is 0 Å². The Hall–Kier alpha value is -2.60. The monoisotopic (exact) mass is 370 g/mol. The molecule has 1 fully saturated rings. The Balaban J connectivity index is 1.43. The van der Waals surface area contributed by atoms with Crippen LogP contribution in [-0.4, -0.2) is 37.1 Å². The maximum Gasteiger partial charge on any atom is 0.238 e. The van der Waals surface area contributed by atoms with Crippen LogP contribution >= 0.6 is 0 Å². The lowest BCUT2D eigenvalue weighted by atomic mass is 10.0. The highest BCUT2D eigenvalue weighted by Gasteiger charge is 2.28. The van der Waals surface area contributed by atoms with Crippen LogP contribution in [0.5, 0.6) is 11.5 Å². The molecule has 1 atom stereocenters. The largest absolute Gasteiger partial charge is 0.486 e. The number of anilines is 1. The molecule has 2 aromatic rings. The van der Waals surface area contributed by atoms with Gasteiger partial charge in [0.05, 0.1) is 6.54 Å². The van der Waals surface area contributed by atoms with Gasteiger partial charge in [0.25, 0.3) is 0 Å². The van der Waals surface area contributed by atoms with Gasteiger partial charge in [0.15, 0.2) is 11.5 Å². The first-order valence-electron chi connectivity index (χ1n) is 9.30. The number of nitrogens with one attached hydrogen (secondary N) is 1. The number of likely N-dealkylation sites (tertiary alicyclic amines) is 1. The fourth-order valence-corrected chi connectivity index (χ4v) is 3.72. The minimum absolute atomic E-state index is 0.136. The third kappa shape index (κ3) is 3.90. The quantitative estimate of drug-likeness (QED) is 0.892. The molecule has 0 saturated carbocycles. The van der Waals surface area contributed by atoms with Gasteiger partial charge in [0.2, 0.25) is 5.91 Å². The molecule has 0 radical (unpaired) electrons. The molecule has 1 saturated heterocycles. The lowest BCUT2D eigenvalue weighted by Gasteiger charge is -2.26. The SMILES string of the molecule is Cc1ccc(NC(=O)CN2CCC[C@@H]2c2ccc3c(c2)OCCO3)cc1F. The molecule has 0 unspecified atom stereocenters. The van der Waals surface area contributed by atoms with E-state index >= 15 is 0 Å². The van der Waals surface area contributed by atoms with E-state index in [0.717, 1.165) is 36.4 Å². The van der Waals surface area contributed by atoms with E-state index in [0.29, 0.717) is 24.5 Å². The van der Waals surface area contributed by atoms with Crippen molar-refractivity contribution in [1.29, 1.82) is 0 Å². The average molecular weight is 370 g/mol. The van der Waals surface area contributed by atoms with Crippen molar-refractivity contribution in [1.82, 2.24) is 4.90 Å². The molecule has 4 rings (SSSR count). The number of ether oxygens (including phenoxy) is 2. The molecule has 0 bridgehead atoms. The van der Waals surface area contributed by atoms with Crippen molar-refractivity contribution < 1.29 is 18.7 Å². The van der Waals surface area contributed by atoms with Gasteiger partial charge in [0.1, 0.15) is 19.0 Å². The first-order valence-corrected chi connectivity index (χ1v) is 9.30. The minimum Gasteiger partial charge on any atom is -0.486 e. The van der Waals surface area contributed by atoms with Crippen LogP contribution in [0.25, 0.3) is 0 Å². The number of hydrogen-bond donors (Lipinski definition) is 1. The number of amides is 1. The molecule has 5 nitrogen and oxygen atoms in total. The highest BCUT2D eigenvalue weighted by Crippen LogP contribution is 2.37. The summed E-state index contributed by atoms with van der Waals surface area (Å²) in [5, 5.41) is 2.79. The van der Waals surface area contributed by atoms with E-state index in [1.807, 2.05) is 18.2 Å². The number of rotatable bonds is 4. The van der Waals surface area contributed by atoms with Gasteiger partial charge in [-0.3, -0.25) is 9.69 Å². The Morgan fingerprint density at radius 1 is 1.19 bits per heavy atom. The third-order valence-electron chi connectivity index (χ3n) is 5.12. The highest BCUT2D eigenvalue weighted by molar-refractivity contribution is 5.92. The number of aryl methyl sites for hydroxylation is 1. The van der Waals surface area contributed by atoms with Crippen LogP contribution in [-0.2, 0) is 4.79 Å². The summed E-state index contributed by atoms with van der Waals surface area (Å²) in [6.07, 6.45) is 2.03. The summed E-state index contributed by atoms with van der Waals surface area (Å²) in [6.45, 7) is 3.95. The van der Waals surface area contributed by atoms with E-state index < -0.39 is 0 Å². The Morgan fingerprint density at radius 2 is 2.00 bits per heavy atom. The van der Waals surface area contributed by atoms with Crippen LogP contribution in [0, 0.1) is 12.7 Å². The van der Waals surface area contributed by atoms with Crippen LogP contribution in [0.2, 0.25) is 0 Å². The Kier molecular flexibility index (Phi) is 4.99. The van der Waals surface area contributed by atoms with E-state index in [4.69, 9.17) is 9.47 Å². The lowest BCUT2D eigenvalue weighted by molar-refractivity contribution is -0.117. The molecule has 0 spiro atoms. The van der Waals surface area contributed by atoms with Crippen molar-refractivity contribution in [2.45, 2.75) is 25.8 Å². The molecular weight excluding hydrogens is 347 g/mol. The van der Waals surface area contributed by atoms with Crippen molar-refractivity contribution in [2.75, 3.05) is 31.6 Å². The van der Waals surface area contributed by atoms with E-state index in [2.05, 4.69) is 10.2 Å². The molecule has 1 amide bonds. The number of nitrogens with zero attached hydrogens (tertiary/aromatic N) is 1. The Labute approximate surface area is 158 Å². The van der Waals surface area contributed by atoms with Crippen LogP contribution in [0.1, 0.15) is 30.0 Å². The van der Waals surface area contributed by atoms with Gasteiger partial charge >= 0.3 is 0 Å². The number of fused-ring (bicyclic) bond motifs is 1. The molecule has 0 aliphatic carbocycles. The second kappa shape index (κ2) is 7.56. The number of hydrogen-bond acceptors (Lipinski definition) is 4. The molecule has 142 valence electrons. The Morgan fingerprint density at radius 3 is 2.81 bits per heavy atom. The molecule has 2 aliphatic heterocycles. The summed E-state index contributed by atoms with van der Waals surface area (Å²) in [5.74, 6) is 1.09. The van der Waals surface area contributed by atoms with Crippen molar-refractivity contribution in [3.8, 4) is 11.5 Å². The van der Waals surface area contributed by atoms with Gasteiger partial charge in [-0.1, -0.05) is 12.1 Å². The predicted octanol–water partition coefficient (Wildman–Crippen LogP) is 3.68. The van der Waals surface area contributed by atoms with E-state index in [-0.39, 0.29) is 24.3 Å². The van der Waals surface area contributed by atoms with Gasteiger partial charge in [-0.25, -0.2) is 4.39 Å². The number of carbonyl (C=O) groups excluding carboxylic acids is 1. The highest BCUT2D eigenvalue weighted by atomic mass is 19.1. The average Bonchev–Trinajstić information content (AvgIpc) is 3.12. The summed E-state index contributed by atoms with van der Waals surface area (Å²) in [7, 11) is 0. The van der Waals surface area contributed by atoms with Crippen LogP contribution in [0.4, 0.5) is 10.1 Å². The smallest absolute Gasteiger partial charge is 0.238 e. The maximum absolute atomic E-state index is 13.7. The molecule has 1 N–H and O–H groups in total. The van der Waals surface area contributed by atoms with E-state index in [1.54, 1.807) is 19.1 Å². The minimum atomic E-state index is -0.317. The summed E-state index contributed by atoms with van der Waals surface area (Å²) in [5.41, 5.74) is 2.18. The number of halogens is 1. The molecule has 27 heavy (non-hydrogen) atoms. The normalized spacial score (nSPS) is 19.1. The summed E-state index contributed by atoms with van der Waals surface area (Å²) in [4.78, 5) is 14.6. The van der Waals surface area contributed by atoms with Crippen molar-refractivity contribution >= 4 is 11.6 Å². The molecule has 2 heterocycles. The fraction of sp³-hybridized carbons (Fsp3) is 0.381.